The number of rotatable bonds is 9. The molecular weight excluding hydrogens is 467 g/mol. The molecule has 0 aliphatic heterocycles. The fourth-order valence-corrected chi connectivity index (χ4v) is 4.11. The van der Waals surface area contributed by atoms with Gasteiger partial charge in [0.25, 0.3) is 5.91 Å². The van der Waals surface area contributed by atoms with Crippen LogP contribution in [-0.2, 0) is 11.3 Å². The predicted octanol–water partition coefficient (Wildman–Crippen LogP) is 4.68. The van der Waals surface area contributed by atoms with E-state index in [4.69, 9.17) is 4.74 Å². The average molecular weight is 491 g/mol. The zero-order chi connectivity index (χ0) is 24.6. The van der Waals surface area contributed by atoms with E-state index in [1.807, 2.05) is 22.8 Å². The summed E-state index contributed by atoms with van der Waals surface area (Å²) >= 11 is 1.28. The van der Waals surface area contributed by atoms with Gasteiger partial charge in [0.2, 0.25) is 5.91 Å². The number of para-hydroxylation sites is 2. The third-order valence-electron chi connectivity index (χ3n) is 5.07. The first-order chi connectivity index (χ1) is 17.0. The van der Waals surface area contributed by atoms with Crippen molar-refractivity contribution in [3.05, 3.63) is 102 Å². The maximum atomic E-state index is 13.1. The fraction of sp³-hybridized carbons (Fsp3) is 0.115. The van der Waals surface area contributed by atoms with Crippen molar-refractivity contribution in [1.29, 1.82) is 0 Å². The number of benzene rings is 3. The van der Waals surface area contributed by atoms with Crippen LogP contribution in [0.5, 0.6) is 5.75 Å². The molecule has 4 rings (SSSR count). The van der Waals surface area contributed by atoms with Gasteiger partial charge in [0.1, 0.15) is 11.6 Å². The maximum Gasteiger partial charge on any atom is 0.251 e. The minimum atomic E-state index is -0.320. The molecule has 0 unspecified atom stereocenters. The summed E-state index contributed by atoms with van der Waals surface area (Å²) < 4.78 is 20.1. The first-order valence-electron chi connectivity index (χ1n) is 10.8. The minimum absolute atomic E-state index is 0.146. The molecule has 35 heavy (non-hydrogen) atoms. The number of ether oxygens (including phenoxy) is 1. The number of amides is 2. The lowest BCUT2D eigenvalue weighted by Crippen LogP contribution is -2.22. The zero-order valence-corrected chi connectivity index (χ0v) is 19.7. The summed E-state index contributed by atoms with van der Waals surface area (Å²) in [5, 5.41) is 6.30. The van der Waals surface area contributed by atoms with Gasteiger partial charge in [0, 0.05) is 30.2 Å². The zero-order valence-electron chi connectivity index (χ0n) is 18.9. The van der Waals surface area contributed by atoms with E-state index in [1.54, 1.807) is 62.0 Å². The van der Waals surface area contributed by atoms with Crippen LogP contribution < -0.4 is 15.4 Å². The van der Waals surface area contributed by atoms with Gasteiger partial charge in [0.15, 0.2) is 5.16 Å². The lowest BCUT2D eigenvalue weighted by Gasteiger charge is -2.11. The summed E-state index contributed by atoms with van der Waals surface area (Å²) in [4.78, 5) is 29.5. The molecule has 2 amide bonds. The Labute approximate surface area is 206 Å². The van der Waals surface area contributed by atoms with Crippen molar-refractivity contribution < 1.29 is 18.7 Å². The first kappa shape index (κ1) is 24.0. The number of methoxy groups -OCH3 is 1. The Kier molecular flexibility index (Phi) is 7.79. The van der Waals surface area contributed by atoms with Gasteiger partial charge in [-0.15, -0.1) is 0 Å². The first-order valence-corrected chi connectivity index (χ1v) is 11.7. The van der Waals surface area contributed by atoms with Crippen LogP contribution in [0, 0.1) is 5.82 Å². The number of nitrogens with zero attached hydrogens (tertiary/aromatic N) is 2. The fourth-order valence-electron chi connectivity index (χ4n) is 3.34. The van der Waals surface area contributed by atoms with E-state index in [-0.39, 0.29) is 29.9 Å². The van der Waals surface area contributed by atoms with Gasteiger partial charge in [-0.05, 0) is 48.0 Å². The van der Waals surface area contributed by atoms with E-state index in [9.17, 15) is 14.0 Å². The van der Waals surface area contributed by atoms with Crippen LogP contribution in [0.25, 0.3) is 5.69 Å². The highest BCUT2D eigenvalue weighted by Gasteiger charge is 2.13. The molecule has 0 saturated carbocycles. The van der Waals surface area contributed by atoms with E-state index in [0.29, 0.717) is 22.2 Å². The lowest BCUT2D eigenvalue weighted by molar-refractivity contribution is -0.113. The van der Waals surface area contributed by atoms with Crippen molar-refractivity contribution in [3.63, 3.8) is 0 Å². The number of carbonyl (C=O) groups is 2. The van der Waals surface area contributed by atoms with Gasteiger partial charge in [0.05, 0.1) is 18.6 Å². The van der Waals surface area contributed by atoms with Gasteiger partial charge in [-0.25, -0.2) is 9.37 Å². The van der Waals surface area contributed by atoms with Crippen LogP contribution in [-0.4, -0.2) is 34.2 Å². The molecule has 0 aliphatic rings. The standard InChI is InChI=1S/C26H23FN4O3S/c1-34-23-8-3-2-7-22(23)30-24(32)17-35-26-28-13-14-31(26)21-6-4-5-19(15-21)25(33)29-16-18-9-11-20(27)12-10-18/h2-15H,16-17H2,1H3,(H,29,33)(H,30,32). The second-order valence-corrected chi connectivity index (χ2v) is 8.42. The lowest BCUT2D eigenvalue weighted by atomic mass is 10.1. The van der Waals surface area contributed by atoms with Gasteiger partial charge in [-0.1, -0.05) is 42.1 Å². The minimum Gasteiger partial charge on any atom is -0.495 e. The number of thioether (sulfide) groups is 1. The molecule has 1 heterocycles. The molecule has 0 aliphatic carbocycles. The summed E-state index contributed by atoms with van der Waals surface area (Å²) in [6.45, 7) is 0.289. The Balaban J connectivity index is 1.39. The highest BCUT2D eigenvalue weighted by Crippen LogP contribution is 2.25. The number of halogens is 1. The highest BCUT2D eigenvalue weighted by molar-refractivity contribution is 7.99. The number of nitrogens with one attached hydrogen (secondary N) is 2. The monoisotopic (exact) mass is 490 g/mol. The highest BCUT2D eigenvalue weighted by atomic mass is 32.2. The van der Waals surface area contributed by atoms with Crippen LogP contribution in [0.4, 0.5) is 10.1 Å². The molecule has 0 bridgehead atoms. The van der Waals surface area contributed by atoms with E-state index in [0.717, 1.165) is 11.3 Å². The van der Waals surface area contributed by atoms with Crippen LogP contribution in [0.3, 0.4) is 0 Å². The van der Waals surface area contributed by atoms with E-state index in [1.165, 1.54) is 23.9 Å². The molecule has 2 N–H and O–H groups in total. The summed E-state index contributed by atoms with van der Waals surface area (Å²) in [5.74, 6) is -0.0296. The van der Waals surface area contributed by atoms with Crippen LogP contribution in [0.2, 0.25) is 0 Å². The number of hydrogen-bond donors (Lipinski definition) is 2. The number of anilines is 1. The van der Waals surface area contributed by atoms with Crippen LogP contribution in [0.15, 0.2) is 90.3 Å². The van der Waals surface area contributed by atoms with Crippen molar-refractivity contribution >= 4 is 29.3 Å². The number of aromatic nitrogens is 2. The number of imidazole rings is 1. The second-order valence-electron chi connectivity index (χ2n) is 7.48. The summed E-state index contributed by atoms with van der Waals surface area (Å²) in [6.07, 6.45) is 3.41. The maximum absolute atomic E-state index is 13.1. The molecule has 0 fully saturated rings. The van der Waals surface area contributed by atoms with Crippen molar-refractivity contribution in [1.82, 2.24) is 14.9 Å². The predicted molar refractivity (Wildman–Crippen MR) is 133 cm³/mol. The van der Waals surface area contributed by atoms with Gasteiger partial charge >= 0.3 is 0 Å². The average Bonchev–Trinajstić information content (AvgIpc) is 3.36. The van der Waals surface area contributed by atoms with E-state index >= 15 is 0 Å². The van der Waals surface area contributed by atoms with Gasteiger partial charge in [-0.3, -0.25) is 14.2 Å². The molecule has 178 valence electrons. The number of carbonyl (C=O) groups excluding carboxylic acids is 2. The Morgan fingerprint density at radius 2 is 1.86 bits per heavy atom. The van der Waals surface area contributed by atoms with Gasteiger partial charge < -0.3 is 15.4 Å². The molecule has 3 aromatic carbocycles. The molecule has 9 heteroatoms. The van der Waals surface area contributed by atoms with Crippen LogP contribution >= 0.6 is 11.8 Å². The Morgan fingerprint density at radius 3 is 2.66 bits per heavy atom. The topological polar surface area (TPSA) is 85.2 Å². The Hall–Kier alpha value is -4.11. The normalized spacial score (nSPS) is 10.6. The Bertz CT molecular complexity index is 1320. The summed E-state index contributed by atoms with van der Waals surface area (Å²) in [6, 6.07) is 20.3. The molecular formula is C26H23FN4O3S. The van der Waals surface area contributed by atoms with E-state index < -0.39 is 0 Å². The van der Waals surface area contributed by atoms with E-state index in [2.05, 4.69) is 15.6 Å². The van der Waals surface area contributed by atoms with Crippen molar-refractivity contribution in [2.45, 2.75) is 11.7 Å². The van der Waals surface area contributed by atoms with Crippen LogP contribution in [0.1, 0.15) is 15.9 Å². The number of hydrogen-bond acceptors (Lipinski definition) is 5. The summed E-state index contributed by atoms with van der Waals surface area (Å²) in [7, 11) is 1.55. The molecule has 1 aromatic heterocycles. The van der Waals surface area contributed by atoms with Gasteiger partial charge in [-0.2, -0.15) is 0 Å². The third-order valence-corrected chi connectivity index (χ3v) is 6.04. The quantitative estimate of drug-likeness (QED) is 0.333. The summed E-state index contributed by atoms with van der Waals surface area (Å²) in [5.41, 5.74) is 2.62. The SMILES string of the molecule is COc1ccccc1NC(=O)CSc1nccn1-c1cccc(C(=O)NCc2ccc(F)cc2)c1. The largest absolute Gasteiger partial charge is 0.495 e. The molecule has 0 spiro atoms. The van der Waals surface area contributed by atoms with Crippen molar-refractivity contribution in [3.8, 4) is 11.4 Å². The smallest absolute Gasteiger partial charge is 0.251 e. The third kappa shape index (κ3) is 6.27. The molecule has 0 saturated heterocycles. The molecule has 4 aromatic rings. The Morgan fingerprint density at radius 1 is 1.06 bits per heavy atom. The van der Waals surface area contributed by atoms with Crippen molar-refractivity contribution in [2.24, 2.45) is 0 Å². The second kappa shape index (κ2) is 11.3. The molecule has 0 radical (unpaired) electrons. The van der Waals surface area contributed by atoms with Crippen molar-refractivity contribution in [2.75, 3.05) is 18.2 Å². The molecule has 0 atom stereocenters. The molecule has 7 nitrogen and oxygen atoms in total.